The zero-order chi connectivity index (χ0) is 19.4. The van der Waals surface area contributed by atoms with Gasteiger partial charge in [-0.2, -0.15) is 0 Å². The molecule has 27 heavy (non-hydrogen) atoms. The van der Waals surface area contributed by atoms with Gasteiger partial charge in [-0.25, -0.2) is 9.78 Å². The molecule has 0 saturated carbocycles. The molecule has 3 rings (SSSR count). The van der Waals surface area contributed by atoms with E-state index in [4.69, 9.17) is 37.4 Å². The van der Waals surface area contributed by atoms with Gasteiger partial charge in [0.2, 0.25) is 0 Å². The van der Waals surface area contributed by atoms with Crippen molar-refractivity contribution in [2.24, 2.45) is 0 Å². The lowest BCUT2D eigenvalue weighted by Gasteiger charge is -2.15. The third-order valence-corrected chi connectivity index (χ3v) is 4.29. The van der Waals surface area contributed by atoms with Crippen LogP contribution in [-0.4, -0.2) is 36.2 Å². The molecule has 0 aliphatic carbocycles. The molecule has 0 radical (unpaired) electrons. The quantitative estimate of drug-likeness (QED) is 0.610. The Kier molecular flexibility index (Phi) is 6.03. The number of fused-ring (bicyclic) bond motifs is 1. The monoisotopic (exact) mass is 410 g/mol. The number of rotatable bonds is 4. The number of anilines is 1. The van der Waals surface area contributed by atoms with Gasteiger partial charge in [0.25, 0.3) is 5.91 Å². The van der Waals surface area contributed by atoms with Gasteiger partial charge in [0.15, 0.2) is 22.8 Å². The van der Waals surface area contributed by atoms with Crippen LogP contribution in [0.1, 0.15) is 23.7 Å². The second-order valence-electron chi connectivity index (χ2n) is 5.71. The molecular formula is C18H16Cl2N2O5. The average Bonchev–Trinajstić information content (AvgIpc) is 2.89. The van der Waals surface area contributed by atoms with Gasteiger partial charge < -0.3 is 19.5 Å². The van der Waals surface area contributed by atoms with E-state index < -0.39 is 18.0 Å². The first-order chi connectivity index (χ1) is 13.0. The normalized spacial score (nSPS) is 14.0. The topological polar surface area (TPSA) is 86.8 Å². The number of nitrogens with zero attached hydrogens (tertiary/aromatic N) is 1. The fraction of sp³-hybridized carbons (Fsp3) is 0.278. The predicted octanol–water partition coefficient (Wildman–Crippen LogP) is 3.73. The van der Waals surface area contributed by atoms with Gasteiger partial charge in [-0.1, -0.05) is 23.2 Å². The molecule has 1 amide bonds. The van der Waals surface area contributed by atoms with Crippen molar-refractivity contribution in [3.63, 3.8) is 0 Å². The lowest BCUT2D eigenvalue weighted by Crippen LogP contribution is -2.30. The Bertz CT molecular complexity index is 875. The average molecular weight is 411 g/mol. The number of nitrogens with one attached hydrogen (secondary N) is 1. The van der Waals surface area contributed by atoms with E-state index in [0.29, 0.717) is 36.8 Å². The van der Waals surface area contributed by atoms with Gasteiger partial charge in [0, 0.05) is 12.6 Å². The predicted molar refractivity (Wildman–Crippen MR) is 99.8 cm³/mol. The van der Waals surface area contributed by atoms with Crippen molar-refractivity contribution in [2.75, 3.05) is 18.5 Å². The Hall–Kier alpha value is -2.51. The number of aromatic nitrogens is 1. The molecule has 1 aromatic heterocycles. The van der Waals surface area contributed by atoms with E-state index in [0.717, 1.165) is 0 Å². The van der Waals surface area contributed by atoms with Gasteiger partial charge in [-0.05, 0) is 31.2 Å². The number of halogens is 2. The molecule has 7 nitrogen and oxygen atoms in total. The number of carbonyl (C=O) groups excluding carboxylic acids is 2. The van der Waals surface area contributed by atoms with Gasteiger partial charge in [0.1, 0.15) is 0 Å². The molecular weight excluding hydrogens is 395 g/mol. The standard InChI is InChI=1S/C18H16Cl2N2O5/c1-10(17(23)22-13-4-2-5-21-16(13)20)27-18(24)11-8-12(19)15-14(9-11)25-6-3-7-26-15/h2,4-5,8-10H,3,6-7H2,1H3,(H,22,23). The molecule has 1 aliphatic heterocycles. The molecule has 2 aromatic rings. The third kappa shape index (κ3) is 4.61. The number of pyridine rings is 1. The zero-order valence-electron chi connectivity index (χ0n) is 14.3. The summed E-state index contributed by atoms with van der Waals surface area (Å²) in [6.07, 6.45) is 1.14. The summed E-state index contributed by atoms with van der Waals surface area (Å²) in [5, 5.41) is 2.93. The molecule has 9 heteroatoms. The van der Waals surface area contributed by atoms with E-state index in [-0.39, 0.29) is 15.7 Å². The number of hydrogen-bond acceptors (Lipinski definition) is 6. The fourth-order valence-electron chi connectivity index (χ4n) is 2.34. The van der Waals surface area contributed by atoms with Crippen molar-refractivity contribution >= 4 is 40.8 Å². The van der Waals surface area contributed by atoms with Crippen molar-refractivity contribution in [3.05, 3.63) is 46.2 Å². The summed E-state index contributed by atoms with van der Waals surface area (Å²) in [5.41, 5.74) is 0.481. The largest absolute Gasteiger partial charge is 0.489 e. The number of hydrogen-bond donors (Lipinski definition) is 1. The SMILES string of the molecule is CC(OC(=O)c1cc(Cl)c2c(c1)OCCCO2)C(=O)Nc1cccnc1Cl. The van der Waals surface area contributed by atoms with Crippen LogP contribution in [0.3, 0.4) is 0 Å². The van der Waals surface area contributed by atoms with Crippen LogP contribution >= 0.6 is 23.2 Å². The fourth-order valence-corrected chi connectivity index (χ4v) is 2.78. The zero-order valence-corrected chi connectivity index (χ0v) is 15.8. The van der Waals surface area contributed by atoms with Crippen molar-refractivity contribution < 1.29 is 23.8 Å². The molecule has 0 fully saturated rings. The first-order valence-corrected chi connectivity index (χ1v) is 8.93. The molecule has 1 aliphatic rings. The molecule has 1 N–H and O–H groups in total. The minimum absolute atomic E-state index is 0.138. The summed E-state index contributed by atoms with van der Waals surface area (Å²) in [5.74, 6) is -0.500. The molecule has 1 unspecified atom stereocenters. The van der Waals surface area contributed by atoms with E-state index in [9.17, 15) is 9.59 Å². The third-order valence-electron chi connectivity index (χ3n) is 3.71. The van der Waals surface area contributed by atoms with Gasteiger partial charge in [-0.15, -0.1) is 0 Å². The second kappa shape index (κ2) is 8.45. The molecule has 1 aromatic carbocycles. The smallest absolute Gasteiger partial charge is 0.339 e. The Labute approximate surface area is 165 Å². The highest BCUT2D eigenvalue weighted by molar-refractivity contribution is 6.33. The minimum atomic E-state index is -1.07. The number of ether oxygens (including phenoxy) is 3. The molecule has 2 heterocycles. The van der Waals surface area contributed by atoms with Crippen molar-refractivity contribution in [1.82, 2.24) is 4.98 Å². The minimum Gasteiger partial charge on any atom is -0.489 e. The van der Waals surface area contributed by atoms with Crippen LogP contribution in [-0.2, 0) is 9.53 Å². The van der Waals surface area contributed by atoms with Crippen molar-refractivity contribution in [2.45, 2.75) is 19.4 Å². The van der Waals surface area contributed by atoms with E-state index in [1.54, 1.807) is 12.1 Å². The van der Waals surface area contributed by atoms with E-state index in [1.807, 2.05) is 0 Å². The molecule has 0 saturated heterocycles. The summed E-state index contributed by atoms with van der Waals surface area (Å²) in [7, 11) is 0. The maximum Gasteiger partial charge on any atom is 0.339 e. The van der Waals surface area contributed by atoms with Crippen LogP contribution in [0, 0.1) is 0 Å². The second-order valence-corrected chi connectivity index (χ2v) is 6.48. The van der Waals surface area contributed by atoms with Crippen LogP contribution in [0.4, 0.5) is 5.69 Å². The Balaban J connectivity index is 1.69. The summed E-state index contributed by atoms with van der Waals surface area (Å²) in [6, 6.07) is 6.11. The maximum atomic E-state index is 12.4. The highest BCUT2D eigenvalue weighted by atomic mass is 35.5. The Morgan fingerprint density at radius 2 is 2.04 bits per heavy atom. The van der Waals surface area contributed by atoms with E-state index >= 15 is 0 Å². The summed E-state index contributed by atoms with van der Waals surface area (Å²) in [6.45, 7) is 2.37. The first-order valence-electron chi connectivity index (χ1n) is 8.17. The summed E-state index contributed by atoms with van der Waals surface area (Å²) >= 11 is 12.1. The Morgan fingerprint density at radius 1 is 1.26 bits per heavy atom. The van der Waals surface area contributed by atoms with Gasteiger partial charge in [-0.3, -0.25) is 4.79 Å². The molecule has 142 valence electrons. The molecule has 0 spiro atoms. The van der Waals surface area contributed by atoms with E-state index in [1.165, 1.54) is 25.3 Å². The number of benzene rings is 1. The molecule has 1 atom stereocenters. The number of esters is 1. The molecule has 0 bridgehead atoms. The van der Waals surface area contributed by atoms with E-state index in [2.05, 4.69) is 10.3 Å². The number of carbonyl (C=O) groups is 2. The van der Waals surface area contributed by atoms with Crippen LogP contribution in [0.25, 0.3) is 0 Å². The lowest BCUT2D eigenvalue weighted by atomic mass is 10.2. The summed E-state index contributed by atoms with van der Waals surface area (Å²) < 4.78 is 16.3. The number of amides is 1. The lowest BCUT2D eigenvalue weighted by molar-refractivity contribution is -0.123. The van der Waals surface area contributed by atoms with Gasteiger partial charge >= 0.3 is 5.97 Å². The van der Waals surface area contributed by atoms with Crippen molar-refractivity contribution in [1.29, 1.82) is 0 Å². The van der Waals surface area contributed by atoms with Crippen LogP contribution < -0.4 is 14.8 Å². The summed E-state index contributed by atoms with van der Waals surface area (Å²) in [4.78, 5) is 28.5. The van der Waals surface area contributed by atoms with Gasteiger partial charge in [0.05, 0.1) is 29.5 Å². The highest BCUT2D eigenvalue weighted by Gasteiger charge is 2.23. The van der Waals surface area contributed by atoms with Crippen molar-refractivity contribution in [3.8, 4) is 11.5 Å². The Morgan fingerprint density at radius 3 is 2.81 bits per heavy atom. The van der Waals surface area contributed by atoms with Crippen LogP contribution in [0.2, 0.25) is 10.2 Å². The van der Waals surface area contributed by atoms with Crippen LogP contribution in [0.5, 0.6) is 11.5 Å². The van der Waals surface area contributed by atoms with Crippen LogP contribution in [0.15, 0.2) is 30.5 Å². The highest BCUT2D eigenvalue weighted by Crippen LogP contribution is 2.38. The maximum absolute atomic E-state index is 12.4. The first kappa shape index (κ1) is 19.3.